The van der Waals surface area contributed by atoms with Crippen LogP contribution in [0.2, 0.25) is 18.1 Å². The van der Waals surface area contributed by atoms with Crippen LogP contribution >= 0.6 is 0 Å². The van der Waals surface area contributed by atoms with Gasteiger partial charge in [-0.3, -0.25) is 19.0 Å². The van der Waals surface area contributed by atoms with Crippen molar-refractivity contribution >= 4 is 30.1 Å². The summed E-state index contributed by atoms with van der Waals surface area (Å²) in [6, 6.07) is 14.6. The number of hydrogen-bond acceptors (Lipinski definition) is 5. The van der Waals surface area contributed by atoms with Gasteiger partial charge >= 0.3 is 0 Å². The normalized spacial score (nSPS) is 18.1. The summed E-state index contributed by atoms with van der Waals surface area (Å²) < 4.78 is 10.6. The highest BCUT2D eigenvalue weighted by Gasteiger charge is 2.42. The molecule has 1 aliphatic carbocycles. The average Bonchev–Trinajstić information content (AvgIpc) is 3.40. The molecule has 1 aliphatic rings. The second kappa shape index (κ2) is 10.9. The van der Waals surface area contributed by atoms with Gasteiger partial charge in [0.1, 0.15) is 5.52 Å². The first-order chi connectivity index (χ1) is 20.0. The van der Waals surface area contributed by atoms with E-state index in [-0.39, 0.29) is 22.7 Å². The fourth-order valence-corrected chi connectivity index (χ4v) is 7.37. The number of aromatic nitrogens is 5. The SMILES string of the molecule is Cn1cc(-c2ccc(Cc3cc4c(=O)n([C@H]5CCCC[C@@H]5O[Si](C)(C)C(C)(C)C)cnc4c4ncccc34)cc2)cn1. The van der Waals surface area contributed by atoms with Crippen molar-refractivity contribution in [3.8, 4) is 11.1 Å². The maximum atomic E-state index is 14.2. The lowest BCUT2D eigenvalue weighted by Crippen LogP contribution is -2.48. The fraction of sp³-hybridized carbons (Fsp3) is 0.412. The highest BCUT2D eigenvalue weighted by molar-refractivity contribution is 6.74. The second-order valence-corrected chi connectivity index (χ2v) is 18.1. The number of hydrogen-bond donors (Lipinski definition) is 0. The Labute approximate surface area is 248 Å². The first kappa shape index (κ1) is 28.5. The predicted octanol–water partition coefficient (Wildman–Crippen LogP) is 7.44. The van der Waals surface area contributed by atoms with Crippen LogP contribution in [0.4, 0.5) is 0 Å². The summed E-state index contributed by atoms with van der Waals surface area (Å²) in [5.41, 5.74) is 5.91. The summed E-state index contributed by atoms with van der Waals surface area (Å²) in [5.74, 6) is 0. The zero-order chi connectivity index (χ0) is 29.6. The molecule has 0 spiro atoms. The van der Waals surface area contributed by atoms with E-state index in [1.807, 2.05) is 40.8 Å². The summed E-state index contributed by atoms with van der Waals surface area (Å²) in [7, 11) is -0.0756. The Bertz CT molecular complexity index is 1800. The Morgan fingerprint density at radius 2 is 1.71 bits per heavy atom. The van der Waals surface area contributed by atoms with Crippen LogP contribution in [-0.2, 0) is 17.9 Å². The van der Waals surface area contributed by atoms with Gasteiger partial charge in [-0.15, -0.1) is 0 Å². The van der Waals surface area contributed by atoms with E-state index in [0.717, 1.165) is 53.3 Å². The van der Waals surface area contributed by atoms with E-state index in [1.165, 1.54) is 5.56 Å². The van der Waals surface area contributed by atoms with E-state index in [4.69, 9.17) is 14.4 Å². The van der Waals surface area contributed by atoms with Crippen LogP contribution in [0.5, 0.6) is 0 Å². The van der Waals surface area contributed by atoms with Gasteiger partial charge in [0.05, 0.1) is 35.6 Å². The number of fused-ring (bicyclic) bond motifs is 3. The molecule has 2 aromatic carbocycles. The third-order valence-corrected chi connectivity index (χ3v) is 13.9. The Balaban J connectivity index is 1.39. The summed E-state index contributed by atoms with van der Waals surface area (Å²) >= 11 is 0. The van der Waals surface area contributed by atoms with E-state index >= 15 is 0 Å². The van der Waals surface area contributed by atoms with Gasteiger partial charge in [0.2, 0.25) is 0 Å². The molecule has 1 fully saturated rings. The second-order valence-electron chi connectivity index (χ2n) is 13.3. The maximum absolute atomic E-state index is 14.2. The van der Waals surface area contributed by atoms with E-state index in [2.05, 4.69) is 69.3 Å². The molecule has 0 bridgehead atoms. The molecule has 0 saturated heterocycles. The van der Waals surface area contributed by atoms with Gasteiger partial charge in [0.15, 0.2) is 8.32 Å². The van der Waals surface area contributed by atoms with Crippen molar-refractivity contribution in [2.24, 2.45) is 7.05 Å². The molecule has 8 heteroatoms. The van der Waals surface area contributed by atoms with E-state index in [0.29, 0.717) is 17.3 Å². The number of pyridine rings is 1. The topological polar surface area (TPSA) is 74.8 Å². The van der Waals surface area contributed by atoms with Crippen LogP contribution in [0.3, 0.4) is 0 Å². The van der Waals surface area contributed by atoms with Crippen molar-refractivity contribution in [2.45, 2.75) is 83.2 Å². The molecule has 3 aromatic heterocycles. The van der Waals surface area contributed by atoms with E-state index < -0.39 is 8.32 Å². The van der Waals surface area contributed by atoms with Crippen molar-refractivity contribution in [2.75, 3.05) is 0 Å². The molecule has 3 heterocycles. The number of benzene rings is 2. The minimum Gasteiger partial charge on any atom is -0.412 e. The van der Waals surface area contributed by atoms with Crippen LogP contribution < -0.4 is 5.56 Å². The minimum absolute atomic E-state index is 0.00328. The Morgan fingerprint density at radius 1 is 0.976 bits per heavy atom. The molecule has 5 aromatic rings. The highest BCUT2D eigenvalue weighted by Crippen LogP contribution is 2.41. The van der Waals surface area contributed by atoms with Gasteiger partial charge in [-0.05, 0) is 66.2 Å². The summed E-state index contributed by atoms with van der Waals surface area (Å²) in [5, 5.41) is 6.06. The van der Waals surface area contributed by atoms with Gasteiger partial charge in [0.25, 0.3) is 5.56 Å². The third-order valence-electron chi connectivity index (χ3n) is 9.39. The maximum Gasteiger partial charge on any atom is 0.261 e. The Morgan fingerprint density at radius 3 is 2.43 bits per heavy atom. The molecule has 0 aliphatic heterocycles. The van der Waals surface area contributed by atoms with Crippen molar-refractivity contribution < 1.29 is 4.43 Å². The zero-order valence-electron chi connectivity index (χ0n) is 25.6. The van der Waals surface area contributed by atoms with Gasteiger partial charge in [-0.1, -0.05) is 63.9 Å². The molecule has 0 N–H and O–H groups in total. The average molecular weight is 580 g/mol. The molecule has 0 amide bonds. The van der Waals surface area contributed by atoms with Gasteiger partial charge < -0.3 is 4.43 Å². The lowest BCUT2D eigenvalue weighted by molar-refractivity contribution is 0.0824. The highest BCUT2D eigenvalue weighted by atomic mass is 28.4. The fourth-order valence-electron chi connectivity index (χ4n) is 5.98. The lowest BCUT2D eigenvalue weighted by Gasteiger charge is -2.43. The number of rotatable bonds is 6. The molecular weight excluding hydrogens is 538 g/mol. The third kappa shape index (κ3) is 5.34. The Kier molecular flexibility index (Phi) is 7.39. The van der Waals surface area contributed by atoms with Crippen molar-refractivity contribution in [3.05, 3.63) is 88.9 Å². The molecule has 6 rings (SSSR count). The predicted molar refractivity (Wildman–Crippen MR) is 172 cm³/mol. The van der Waals surface area contributed by atoms with Gasteiger partial charge in [-0.25, -0.2) is 4.98 Å². The van der Waals surface area contributed by atoms with Crippen LogP contribution in [0.25, 0.3) is 32.9 Å². The lowest BCUT2D eigenvalue weighted by atomic mass is 9.92. The standard InChI is InChI=1S/C34H41N5O2Si/c1-34(2,3)42(5,6)41-30-12-8-7-11-29(30)39-22-36-32-28(33(39)40)19-25(27-10-9-17-35-31(27)32)18-23-13-15-24(16-14-23)26-20-37-38(4)21-26/h9-10,13-17,19-22,29-30H,7-8,11-12,18H2,1-6H3/t29-,30-/m0/s1. The Hall–Kier alpha value is -3.62. The van der Waals surface area contributed by atoms with Crippen molar-refractivity contribution in [1.82, 2.24) is 24.3 Å². The smallest absolute Gasteiger partial charge is 0.261 e. The quantitative estimate of drug-likeness (QED) is 0.154. The van der Waals surface area contributed by atoms with Crippen molar-refractivity contribution in [1.29, 1.82) is 0 Å². The first-order valence-corrected chi connectivity index (χ1v) is 18.0. The van der Waals surface area contributed by atoms with Crippen LogP contribution in [0.15, 0.2) is 72.2 Å². The summed E-state index contributed by atoms with van der Waals surface area (Å²) in [4.78, 5) is 23.8. The molecule has 0 radical (unpaired) electrons. The largest absolute Gasteiger partial charge is 0.412 e. The molecule has 2 atom stereocenters. The van der Waals surface area contributed by atoms with Crippen LogP contribution in [0.1, 0.15) is 63.6 Å². The molecule has 0 unspecified atom stereocenters. The number of aryl methyl sites for hydroxylation is 1. The molecule has 1 saturated carbocycles. The number of nitrogens with zero attached hydrogens (tertiary/aromatic N) is 5. The van der Waals surface area contributed by atoms with E-state index in [9.17, 15) is 4.79 Å². The van der Waals surface area contributed by atoms with Gasteiger partial charge in [0, 0.05) is 30.4 Å². The monoisotopic (exact) mass is 579 g/mol. The molecular formula is C34H41N5O2Si. The first-order valence-electron chi connectivity index (χ1n) is 15.0. The molecule has 42 heavy (non-hydrogen) atoms. The van der Waals surface area contributed by atoms with Gasteiger partial charge in [-0.2, -0.15) is 5.10 Å². The van der Waals surface area contributed by atoms with Crippen LogP contribution in [0, 0.1) is 0 Å². The van der Waals surface area contributed by atoms with E-state index in [1.54, 1.807) is 12.5 Å². The summed E-state index contributed by atoms with van der Waals surface area (Å²) in [6.45, 7) is 11.4. The minimum atomic E-state index is -2.00. The van der Waals surface area contributed by atoms with Crippen LogP contribution in [-0.4, -0.2) is 38.7 Å². The zero-order valence-corrected chi connectivity index (χ0v) is 26.6. The molecule has 7 nitrogen and oxygen atoms in total. The van der Waals surface area contributed by atoms with Crippen molar-refractivity contribution in [3.63, 3.8) is 0 Å². The summed E-state index contributed by atoms with van der Waals surface area (Å²) in [6.07, 6.45) is 12.3. The molecule has 218 valence electrons.